The molecule has 1 aromatic rings. The zero-order valence-corrected chi connectivity index (χ0v) is 12.6. The molecule has 1 unspecified atom stereocenters. The number of hydrogen-bond acceptors (Lipinski definition) is 2. The van der Waals surface area contributed by atoms with E-state index >= 15 is 0 Å². The molecule has 1 atom stereocenters. The van der Waals surface area contributed by atoms with Crippen LogP contribution in [0.25, 0.3) is 0 Å². The smallest absolute Gasteiger partial charge is 0.223 e. The predicted octanol–water partition coefficient (Wildman–Crippen LogP) is 2.92. The van der Waals surface area contributed by atoms with Crippen molar-refractivity contribution in [2.45, 2.75) is 52.0 Å². The van der Waals surface area contributed by atoms with Crippen molar-refractivity contribution >= 4 is 5.91 Å². The van der Waals surface area contributed by atoms with Gasteiger partial charge in [0.25, 0.3) is 0 Å². The summed E-state index contributed by atoms with van der Waals surface area (Å²) in [5.74, 6) is 0.165. The summed E-state index contributed by atoms with van der Waals surface area (Å²) in [5, 5.41) is 12.5. The molecule has 20 heavy (non-hydrogen) atoms. The minimum absolute atomic E-state index is 0.0222. The highest BCUT2D eigenvalue weighted by Crippen LogP contribution is 2.14. The van der Waals surface area contributed by atoms with Crippen LogP contribution in [0.15, 0.2) is 30.3 Å². The summed E-state index contributed by atoms with van der Waals surface area (Å²) in [5.41, 5.74) is 1.13. The second kappa shape index (κ2) is 9.54. The maximum atomic E-state index is 12.3. The van der Waals surface area contributed by atoms with Gasteiger partial charge in [-0.05, 0) is 24.8 Å². The average molecular weight is 277 g/mol. The zero-order chi connectivity index (χ0) is 14.8. The van der Waals surface area contributed by atoms with Crippen molar-refractivity contribution in [2.75, 3.05) is 6.61 Å². The molecule has 0 aliphatic rings. The molecule has 1 amide bonds. The molecule has 0 saturated carbocycles. The SMILES string of the molecule is CCCC(CCC)C(=O)NC(CO)Cc1ccccc1. The third-order valence-corrected chi connectivity index (χ3v) is 3.54. The third kappa shape index (κ3) is 5.74. The number of carbonyl (C=O) groups excluding carboxylic acids is 1. The van der Waals surface area contributed by atoms with Gasteiger partial charge in [-0.1, -0.05) is 57.0 Å². The van der Waals surface area contributed by atoms with Crippen molar-refractivity contribution in [1.82, 2.24) is 5.32 Å². The normalized spacial score (nSPS) is 12.4. The van der Waals surface area contributed by atoms with Gasteiger partial charge >= 0.3 is 0 Å². The van der Waals surface area contributed by atoms with Gasteiger partial charge in [0, 0.05) is 5.92 Å². The summed E-state index contributed by atoms with van der Waals surface area (Å²) in [4.78, 5) is 12.3. The summed E-state index contributed by atoms with van der Waals surface area (Å²) in [6.07, 6.45) is 4.54. The maximum absolute atomic E-state index is 12.3. The van der Waals surface area contributed by atoms with Crippen LogP contribution in [0.2, 0.25) is 0 Å². The molecule has 0 saturated heterocycles. The van der Waals surface area contributed by atoms with Crippen molar-refractivity contribution in [3.05, 3.63) is 35.9 Å². The molecule has 0 radical (unpaired) electrons. The predicted molar refractivity (Wildman–Crippen MR) is 82.5 cm³/mol. The monoisotopic (exact) mass is 277 g/mol. The van der Waals surface area contributed by atoms with Gasteiger partial charge in [-0.25, -0.2) is 0 Å². The highest BCUT2D eigenvalue weighted by atomic mass is 16.3. The van der Waals surface area contributed by atoms with Crippen LogP contribution in [0, 0.1) is 5.92 Å². The molecule has 1 rings (SSSR count). The van der Waals surface area contributed by atoms with Crippen molar-refractivity contribution in [3.63, 3.8) is 0 Å². The lowest BCUT2D eigenvalue weighted by molar-refractivity contribution is -0.126. The standard InChI is InChI=1S/C17H27NO2/c1-3-8-15(9-4-2)17(20)18-16(13-19)12-14-10-6-5-7-11-14/h5-7,10-11,15-16,19H,3-4,8-9,12-13H2,1-2H3,(H,18,20). The minimum atomic E-state index is -0.193. The van der Waals surface area contributed by atoms with Crippen LogP contribution in [0.5, 0.6) is 0 Å². The Hall–Kier alpha value is -1.35. The van der Waals surface area contributed by atoms with E-state index in [-0.39, 0.29) is 24.5 Å². The van der Waals surface area contributed by atoms with Crippen LogP contribution in [0.4, 0.5) is 0 Å². The Kier molecular flexibility index (Phi) is 7.97. The zero-order valence-electron chi connectivity index (χ0n) is 12.6. The highest BCUT2D eigenvalue weighted by Gasteiger charge is 2.19. The van der Waals surface area contributed by atoms with Gasteiger partial charge in [-0.15, -0.1) is 0 Å². The van der Waals surface area contributed by atoms with Crippen LogP contribution in [-0.2, 0) is 11.2 Å². The van der Waals surface area contributed by atoms with E-state index in [1.165, 1.54) is 0 Å². The molecule has 0 aliphatic heterocycles. The summed E-state index contributed by atoms with van der Waals surface area (Å²) < 4.78 is 0. The molecule has 2 N–H and O–H groups in total. The Labute approximate surface area is 122 Å². The fourth-order valence-electron chi connectivity index (χ4n) is 2.48. The molecule has 3 nitrogen and oxygen atoms in total. The van der Waals surface area contributed by atoms with E-state index in [1.807, 2.05) is 30.3 Å². The molecule has 0 spiro atoms. The van der Waals surface area contributed by atoms with Gasteiger partial charge in [0.15, 0.2) is 0 Å². The van der Waals surface area contributed by atoms with Crippen molar-refractivity contribution in [3.8, 4) is 0 Å². The number of hydrogen-bond donors (Lipinski definition) is 2. The van der Waals surface area contributed by atoms with E-state index in [2.05, 4.69) is 19.2 Å². The topological polar surface area (TPSA) is 49.3 Å². The Morgan fingerprint density at radius 3 is 2.25 bits per heavy atom. The molecule has 112 valence electrons. The molecule has 0 aliphatic carbocycles. The van der Waals surface area contributed by atoms with Gasteiger partial charge in [0.2, 0.25) is 5.91 Å². The molecular formula is C17H27NO2. The number of aliphatic hydroxyl groups excluding tert-OH is 1. The first-order valence-electron chi connectivity index (χ1n) is 7.66. The van der Waals surface area contributed by atoms with Gasteiger partial charge in [0.1, 0.15) is 0 Å². The second-order valence-electron chi connectivity index (χ2n) is 5.35. The van der Waals surface area contributed by atoms with Gasteiger partial charge in [0.05, 0.1) is 12.6 Å². The second-order valence-corrected chi connectivity index (χ2v) is 5.35. The van der Waals surface area contributed by atoms with Crippen LogP contribution >= 0.6 is 0 Å². The number of carbonyl (C=O) groups is 1. The first-order valence-corrected chi connectivity index (χ1v) is 7.66. The number of amides is 1. The Bertz CT molecular complexity index is 372. The quantitative estimate of drug-likeness (QED) is 0.729. The molecule has 0 aromatic heterocycles. The van der Waals surface area contributed by atoms with E-state index < -0.39 is 0 Å². The fourth-order valence-corrected chi connectivity index (χ4v) is 2.48. The largest absolute Gasteiger partial charge is 0.394 e. The fraction of sp³-hybridized carbons (Fsp3) is 0.588. The minimum Gasteiger partial charge on any atom is -0.394 e. The molecule has 0 fully saturated rings. The molecule has 0 bridgehead atoms. The van der Waals surface area contributed by atoms with Crippen molar-refractivity contribution in [1.29, 1.82) is 0 Å². The Morgan fingerprint density at radius 1 is 1.15 bits per heavy atom. The first kappa shape index (κ1) is 16.7. The average Bonchev–Trinajstić information content (AvgIpc) is 2.47. The third-order valence-electron chi connectivity index (χ3n) is 3.54. The highest BCUT2D eigenvalue weighted by molar-refractivity contribution is 5.78. The van der Waals surface area contributed by atoms with Crippen LogP contribution < -0.4 is 5.32 Å². The van der Waals surface area contributed by atoms with Gasteiger partial charge in [-0.2, -0.15) is 0 Å². The van der Waals surface area contributed by atoms with Gasteiger partial charge < -0.3 is 10.4 Å². The van der Waals surface area contributed by atoms with E-state index in [0.29, 0.717) is 6.42 Å². The Morgan fingerprint density at radius 2 is 1.75 bits per heavy atom. The molecular weight excluding hydrogens is 250 g/mol. The van der Waals surface area contributed by atoms with E-state index in [4.69, 9.17) is 0 Å². The molecule has 0 heterocycles. The van der Waals surface area contributed by atoms with Crippen LogP contribution in [-0.4, -0.2) is 23.7 Å². The lowest BCUT2D eigenvalue weighted by Gasteiger charge is -2.21. The number of benzene rings is 1. The summed E-state index contributed by atoms with van der Waals surface area (Å²) in [6, 6.07) is 9.76. The van der Waals surface area contributed by atoms with E-state index in [9.17, 15) is 9.90 Å². The van der Waals surface area contributed by atoms with E-state index in [1.54, 1.807) is 0 Å². The number of rotatable bonds is 9. The lowest BCUT2D eigenvalue weighted by atomic mass is 9.96. The molecule has 3 heteroatoms. The van der Waals surface area contributed by atoms with Gasteiger partial charge in [-0.3, -0.25) is 4.79 Å². The summed E-state index contributed by atoms with van der Waals surface area (Å²) in [6.45, 7) is 4.18. The Balaban J connectivity index is 2.55. The number of aliphatic hydroxyl groups is 1. The first-order chi connectivity index (χ1) is 9.71. The van der Waals surface area contributed by atoms with E-state index in [0.717, 1.165) is 31.2 Å². The van der Waals surface area contributed by atoms with Crippen LogP contribution in [0.3, 0.4) is 0 Å². The lowest BCUT2D eigenvalue weighted by Crippen LogP contribution is -2.42. The maximum Gasteiger partial charge on any atom is 0.223 e. The summed E-state index contributed by atoms with van der Waals surface area (Å²) >= 11 is 0. The molecule has 1 aromatic carbocycles. The number of nitrogens with one attached hydrogen (secondary N) is 1. The summed E-state index contributed by atoms with van der Waals surface area (Å²) in [7, 11) is 0. The van der Waals surface area contributed by atoms with Crippen LogP contribution in [0.1, 0.15) is 45.1 Å². The van der Waals surface area contributed by atoms with Crippen molar-refractivity contribution in [2.24, 2.45) is 5.92 Å². The van der Waals surface area contributed by atoms with Crippen molar-refractivity contribution < 1.29 is 9.90 Å².